The Kier molecular flexibility index (Phi) is 7.71. The van der Waals surface area contributed by atoms with E-state index in [9.17, 15) is 18.4 Å². The molecule has 10 nitrogen and oxygen atoms in total. The van der Waals surface area contributed by atoms with Crippen LogP contribution in [0.4, 0.5) is 8.78 Å². The Bertz CT molecular complexity index is 1550. The number of carbonyl (C=O) groups excluding carboxylic acids is 2. The molecule has 1 aliphatic heterocycles. The molecule has 1 spiro atoms. The first kappa shape index (κ1) is 29.8. The number of nitrogens with zero attached hydrogens (tertiary/aromatic N) is 5. The standard InChI is InChI=1S/C32H37F2N7O3/c1-31(2,3)22-11-13-32(14-12-22)36-26(21-15-23(33)28(44-4)24(34)16-21)30(43)41(32)27(18-5-6-18)19-7-9-20(10-8-19)29(42)35-17-25-37-39-40-38-25/h7-10,15-16,18,22,27H,5-6,11-14,17H2,1-4H3,(H,35,42)(H,37,38,39,40)/t22?,27-,32?/m1/s1. The smallest absolute Gasteiger partial charge is 0.275 e. The van der Waals surface area contributed by atoms with Gasteiger partial charge in [0.25, 0.3) is 11.8 Å². The van der Waals surface area contributed by atoms with Crippen molar-refractivity contribution in [3.8, 4) is 5.75 Å². The summed E-state index contributed by atoms with van der Waals surface area (Å²) in [4.78, 5) is 34.1. The predicted octanol–water partition coefficient (Wildman–Crippen LogP) is 5.13. The Morgan fingerprint density at radius 1 is 1.11 bits per heavy atom. The summed E-state index contributed by atoms with van der Waals surface area (Å²) >= 11 is 0. The van der Waals surface area contributed by atoms with E-state index in [0.717, 1.165) is 43.4 Å². The Labute approximate surface area is 254 Å². The van der Waals surface area contributed by atoms with Crippen LogP contribution in [0, 0.1) is 28.9 Å². The van der Waals surface area contributed by atoms with Crippen molar-refractivity contribution in [2.45, 2.75) is 77.5 Å². The van der Waals surface area contributed by atoms with E-state index in [-0.39, 0.29) is 47.0 Å². The lowest BCUT2D eigenvalue weighted by molar-refractivity contribution is -0.134. The van der Waals surface area contributed by atoms with Gasteiger partial charge in [0.1, 0.15) is 11.4 Å². The number of rotatable bonds is 8. The van der Waals surface area contributed by atoms with E-state index in [1.54, 1.807) is 12.1 Å². The number of tetrazole rings is 1. The van der Waals surface area contributed by atoms with Gasteiger partial charge in [0.2, 0.25) is 0 Å². The molecule has 44 heavy (non-hydrogen) atoms. The highest BCUT2D eigenvalue weighted by Crippen LogP contribution is 2.54. The zero-order chi connectivity index (χ0) is 31.2. The first-order valence-corrected chi connectivity index (χ1v) is 15.1. The second-order valence-corrected chi connectivity index (χ2v) is 13.1. The number of carbonyl (C=O) groups is 2. The second kappa shape index (κ2) is 11.4. The van der Waals surface area contributed by atoms with E-state index in [4.69, 9.17) is 9.73 Å². The third-order valence-electron chi connectivity index (χ3n) is 9.33. The number of H-pyrrole nitrogens is 1. The fraction of sp³-hybridized carbons (Fsp3) is 0.500. The third-order valence-corrected chi connectivity index (χ3v) is 9.33. The minimum atomic E-state index is -0.881. The largest absolute Gasteiger partial charge is 0.491 e. The van der Waals surface area contributed by atoms with Crippen LogP contribution in [-0.2, 0) is 11.3 Å². The van der Waals surface area contributed by atoms with Gasteiger partial charge >= 0.3 is 0 Å². The van der Waals surface area contributed by atoms with Gasteiger partial charge < -0.3 is 15.0 Å². The molecule has 2 aromatic carbocycles. The molecule has 3 aromatic rings. The molecular weight excluding hydrogens is 568 g/mol. The normalized spacial score (nSPS) is 22.7. The maximum absolute atomic E-state index is 14.8. The molecule has 232 valence electrons. The summed E-state index contributed by atoms with van der Waals surface area (Å²) in [6.45, 7) is 6.84. The van der Waals surface area contributed by atoms with Crippen molar-refractivity contribution in [2.75, 3.05) is 7.11 Å². The highest BCUT2D eigenvalue weighted by atomic mass is 19.1. The van der Waals surface area contributed by atoms with E-state index < -0.39 is 23.0 Å². The summed E-state index contributed by atoms with van der Waals surface area (Å²) in [6, 6.07) is 9.23. The molecule has 0 unspecified atom stereocenters. The van der Waals surface area contributed by atoms with Crippen LogP contribution >= 0.6 is 0 Å². The van der Waals surface area contributed by atoms with Crippen molar-refractivity contribution in [1.82, 2.24) is 30.8 Å². The molecular formula is C32H37F2N7O3. The van der Waals surface area contributed by atoms with Crippen molar-refractivity contribution in [1.29, 1.82) is 0 Å². The van der Waals surface area contributed by atoms with E-state index in [1.165, 1.54) is 7.11 Å². The number of aromatic amines is 1. The van der Waals surface area contributed by atoms with Crippen LogP contribution in [0.15, 0.2) is 41.4 Å². The van der Waals surface area contributed by atoms with Gasteiger partial charge in [-0.05, 0) is 85.6 Å². The summed E-state index contributed by atoms with van der Waals surface area (Å²) in [5.74, 6) is -1.82. The van der Waals surface area contributed by atoms with Gasteiger partial charge in [-0.1, -0.05) is 38.1 Å². The first-order chi connectivity index (χ1) is 21.0. The number of benzene rings is 2. The van der Waals surface area contributed by atoms with Crippen molar-refractivity contribution >= 4 is 17.5 Å². The lowest BCUT2D eigenvalue weighted by atomic mass is 9.69. The van der Waals surface area contributed by atoms with Crippen LogP contribution in [0.3, 0.4) is 0 Å². The molecule has 2 aliphatic carbocycles. The number of aromatic nitrogens is 4. The minimum absolute atomic E-state index is 0.0720. The number of nitrogens with one attached hydrogen (secondary N) is 2. The maximum atomic E-state index is 14.8. The number of halogens is 2. The lowest BCUT2D eigenvalue weighted by Gasteiger charge is -2.47. The van der Waals surface area contributed by atoms with Crippen LogP contribution in [0.2, 0.25) is 0 Å². The first-order valence-electron chi connectivity index (χ1n) is 15.1. The summed E-state index contributed by atoms with van der Waals surface area (Å²) in [5, 5.41) is 16.3. The number of ether oxygens (including phenoxy) is 1. The highest BCUT2D eigenvalue weighted by molar-refractivity contribution is 6.46. The van der Waals surface area contributed by atoms with E-state index in [1.807, 2.05) is 17.0 Å². The summed E-state index contributed by atoms with van der Waals surface area (Å²) in [7, 11) is 1.20. The van der Waals surface area contributed by atoms with E-state index in [0.29, 0.717) is 30.1 Å². The fourth-order valence-corrected chi connectivity index (χ4v) is 6.77. The SMILES string of the molecule is COc1c(F)cc(C2=NC3(CCC(C(C)(C)C)CC3)N([C@@H](c3ccc(C(=O)NCc4nn[nH]n4)cc3)C3CC3)C2=O)cc1F. The van der Waals surface area contributed by atoms with Crippen LogP contribution in [0.5, 0.6) is 5.75 Å². The summed E-state index contributed by atoms with van der Waals surface area (Å²) < 4.78 is 34.5. The molecule has 2 amide bonds. The number of hydrogen-bond acceptors (Lipinski definition) is 7. The molecule has 0 radical (unpaired) electrons. The molecule has 2 heterocycles. The molecule has 2 saturated carbocycles. The van der Waals surface area contributed by atoms with Crippen LogP contribution < -0.4 is 10.1 Å². The third kappa shape index (κ3) is 5.57. The van der Waals surface area contributed by atoms with E-state index >= 15 is 0 Å². The number of methoxy groups -OCH3 is 1. The quantitative estimate of drug-likeness (QED) is 0.367. The van der Waals surface area contributed by atoms with Gasteiger partial charge in [-0.25, -0.2) is 8.78 Å². The van der Waals surface area contributed by atoms with E-state index in [2.05, 4.69) is 46.7 Å². The average Bonchev–Trinajstić information content (AvgIpc) is 3.62. The minimum Gasteiger partial charge on any atom is -0.491 e. The van der Waals surface area contributed by atoms with Crippen molar-refractivity contribution in [3.05, 3.63) is 70.5 Å². The molecule has 12 heteroatoms. The van der Waals surface area contributed by atoms with Crippen molar-refractivity contribution < 1.29 is 23.1 Å². The van der Waals surface area contributed by atoms with Crippen LogP contribution in [-0.4, -0.2) is 55.8 Å². The second-order valence-electron chi connectivity index (χ2n) is 13.1. The Morgan fingerprint density at radius 3 is 2.32 bits per heavy atom. The molecule has 3 aliphatic rings. The number of hydrogen-bond donors (Lipinski definition) is 2. The number of amides is 2. The molecule has 0 saturated heterocycles. The highest BCUT2D eigenvalue weighted by Gasteiger charge is 2.55. The predicted molar refractivity (Wildman–Crippen MR) is 158 cm³/mol. The van der Waals surface area contributed by atoms with Gasteiger partial charge in [0, 0.05) is 11.1 Å². The van der Waals surface area contributed by atoms with Gasteiger partial charge in [-0.2, -0.15) is 5.21 Å². The zero-order valence-corrected chi connectivity index (χ0v) is 25.4. The zero-order valence-electron chi connectivity index (χ0n) is 25.4. The summed E-state index contributed by atoms with van der Waals surface area (Å²) in [6.07, 6.45) is 4.97. The van der Waals surface area contributed by atoms with Crippen molar-refractivity contribution in [3.63, 3.8) is 0 Å². The Hall–Kier alpha value is -4.22. The van der Waals surface area contributed by atoms with Gasteiger partial charge in [0.05, 0.1) is 19.7 Å². The van der Waals surface area contributed by atoms with Gasteiger partial charge in [0.15, 0.2) is 23.2 Å². The van der Waals surface area contributed by atoms with Gasteiger partial charge in [-0.15, -0.1) is 10.2 Å². The molecule has 1 atom stereocenters. The lowest BCUT2D eigenvalue weighted by Crippen LogP contribution is -2.52. The molecule has 2 N–H and O–H groups in total. The topological polar surface area (TPSA) is 125 Å². The van der Waals surface area contributed by atoms with Crippen LogP contribution in [0.25, 0.3) is 0 Å². The molecule has 6 rings (SSSR count). The van der Waals surface area contributed by atoms with Crippen molar-refractivity contribution in [2.24, 2.45) is 22.2 Å². The number of aliphatic imine (C=N–C) groups is 1. The average molecular weight is 606 g/mol. The molecule has 2 fully saturated rings. The van der Waals surface area contributed by atoms with Gasteiger partial charge in [-0.3, -0.25) is 14.6 Å². The Morgan fingerprint density at radius 2 is 1.77 bits per heavy atom. The monoisotopic (exact) mass is 605 g/mol. The van der Waals surface area contributed by atoms with Crippen LogP contribution in [0.1, 0.15) is 92.6 Å². The molecule has 0 bridgehead atoms. The summed E-state index contributed by atoms with van der Waals surface area (Å²) in [5.41, 5.74) is 0.823. The maximum Gasteiger partial charge on any atom is 0.275 e. The fourth-order valence-electron chi connectivity index (χ4n) is 6.77. The molecule has 1 aromatic heterocycles. The Balaban J connectivity index is 1.33.